The highest BCUT2D eigenvalue weighted by Gasteiger charge is 2.50. The van der Waals surface area contributed by atoms with Crippen LogP contribution in [-0.4, -0.2) is 151 Å². The van der Waals surface area contributed by atoms with Gasteiger partial charge in [-0.15, -0.1) is 0 Å². The Balaban J connectivity index is 0.00000205. The smallest absolute Gasteiger partial charge is 0.478 e. The minimum Gasteiger partial charge on any atom is -0.478 e. The summed E-state index contributed by atoms with van der Waals surface area (Å²) in [6.07, 6.45) is -6.37. The molecule has 33 heteroatoms. The van der Waals surface area contributed by atoms with Gasteiger partial charge in [0.2, 0.25) is 22.7 Å². The molecule has 1 fully saturated rings. The number of ketones is 1. The number of fused-ring (bicyclic) bond motifs is 1. The highest BCUT2D eigenvalue weighted by atomic mass is 32.2. The first kappa shape index (κ1) is 54.0. The number of aromatic nitrogens is 4. The van der Waals surface area contributed by atoms with Crippen molar-refractivity contribution in [1.82, 2.24) is 30.2 Å². The number of nitrogen functional groups attached to an aromatic ring is 1. The number of hydrogen-bond donors (Lipinski definition) is 11. The van der Waals surface area contributed by atoms with Crippen molar-refractivity contribution < 1.29 is 105 Å². The first-order chi connectivity index (χ1) is 28.5. The van der Waals surface area contributed by atoms with Gasteiger partial charge in [-0.25, -0.2) is 38.2 Å². The Morgan fingerprint density at radius 1 is 1.00 bits per heavy atom. The molecular weight excluding hydrogens is 923 g/mol. The number of thioether (sulfide) groups is 1. The van der Waals surface area contributed by atoms with Crippen LogP contribution in [0.2, 0.25) is 0 Å². The highest BCUT2D eigenvalue weighted by Crippen LogP contribution is 2.61. The number of anilines is 1. The topological polar surface area (TPSA) is 455 Å². The van der Waals surface area contributed by atoms with E-state index < -0.39 is 107 Å². The van der Waals surface area contributed by atoms with Gasteiger partial charge in [-0.05, 0) is 6.92 Å². The number of nitrogens with one attached hydrogen (secondary N) is 2. The molecule has 0 radical (unpaired) electrons. The zero-order chi connectivity index (χ0) is 47.4. The van der Waals surface area contributed by atoms with Crippen LogP contribution in [0.3, 0.4) is 0 Å². The Kier molecular flexibility index (Phi) is 20.1. The minimum atomic E-state index is -5.59. The maximum atomic E-state index is 12.7. The molecule has 3 heterocycles. The van der Waals surface area contributed by atoms with E-state index in [1.165, 1.54) is 20.8 Å². The standard InChI is InChI=1S/C26H40N7O19P3S.C3H4O3/c1-13(8-16(35)36)25(40)56-7-6-28-15(34)4-5-29-23(39)20(38)26(2,3)10-49-55(46,47)52-54(44,45)48-9-14-19(51-53(41,42)43)18(37)24(50-14)33-12-32-17-21(27)30-11-31-22(17)33;1-2(4)3(5)6/h8,11-12,14,18-20,24,37-38H,4-7,9-10H2,1-3H3,(H,28,34)(H,29,39)(H,35,36)(H,44,45)(H,46,47)(H2,27,30,31)(H2,41,42,43);1H3,(H,5,6)/b13-8-;/t14-,18-,19-,20+,24-;/m1./s1. The minimum absolute atomic E-state index is 0.0147. The molecule has 62 heavy (non-hydrogen) atoms. The van der Waals surface area contributed by atoms with Crippen LogP contribution in [0.5, 0.6) is 0 Å². The van der Waals surface area contributed by atoms with Gasteiger partial charge in [-0.1, -0.05) is 25.6 Å². The molecule has 0 aromatic carbocycles. The summed E-state index contributed by atoms with van der Waals surface area (Å²) in [6.45, 7) is 2.49. The Morgan fingerprint density at radius 3 is 2.19 bits per heavy atom. The fraction of sp³-hybridized carbons (Fsp3) is 0.552. The van der Waals surface area contributed by atoms with E-state index in [1.807, 2.05) is 0 Å². The number of Topliss-reactive ketones (excluding diaryl/α,β-unsaturated/α-hetero) is 1. The molecule has 1 aliphatic rings. The van der Waals surface area contributed by atoms with E-state index in [-0.39, 0.29) is 47.8 Å². The molecule has 3 rings (SSSR count). The van der Waals surface area contributed by atoms with Crippen LogP contribution in [0.25, 0.3) is 11.2 Å². The van der Waals surface area contributed by atoms with Crippen molar-refractivity contribution in [3.8, 4) is 0 Å². The molecule has 12 N–H and O–H groups in total. The predicted octanol–water partition coefficient (Wildman–Crippen LogP) is -1.64. The molecule has 0 aliphatic carbocycles. The van der Waals surface area contributed by atoms with Gasteiger partial charge in [0.1, 0.15) is 36.3 Å². The van der Waals surface area contributed by atoms with Gasteiger partial charge in [-0.3, -0.25) is 37.3 Å². The van der Waals surface area contributed by atoms with Gasteiger partial charge in [0.15, 0.2) is 17.7 Å². The molecule has 0 bridgehead atoms. The number of carboxylic acid groups (broad SMARTS) is 2. The van der Waals surface area contributed by atoms with Crippen molar-refractivity contribution in [2.24, 2.45) is 5.41 Å². The lowest BCUT2D eigenvalue weighted by Gasteiger charge is -2.30. The number of ether oxygens (including phenoxy) is 1. The number of carboxylic acids is 2. The summed E-state index contributed by atoms with van der Waals surface area (Å²) >= 11 is 0.789. The number of phosphoric acid groups is 3. The molecule has 1 aliphatic heterocycles. The molecule has 0 saturated carbocycles. The zero-order valence-corrected chi connectivity index (χ0v) is 36.3. The Labute approximate surface area is 353 Å². The number of carbonyl (C=O) groups excluding carboxylic acids is 4. The van der Waals surface area contributed by atoms with Crippen molar-refractivity contribution in [2.45, 2.75) is 64.8 Å². The average molecular weight is 968 g/mol. The van der Waals surface area contributed by atoms with Crippen molar-refractivity contribution in [3.63, 3.8) is 0 Å². The summed E-state index contributed by atoms with van der Waals surface area (Å²) in [6, 6.07) is 0. The average Bonchev–Trinajstić information content (AvgIpc) is 3.71. The molecular formula is C29H44N7O22P3S. The van der Waals surface area contributed by atoms with Gasteiger partial charge in [0.25, 0.3) is 0 Å². The Hall–Kier alpha value is -4.09. The molecule has 7 atom stereocenters. The number of aliphatic hydroxyl groups excluding tert-OH is 2. The van der Waals surface area contributed by atoms with Crippen LogP contribution in [0.4, 0.5) is 5.82 Å². The fourth-order valence-corrected chi connectivity index (χ4v) is 8.14. The van der Waals surface area contributed by atoms with Crippen LogP contribution >= 0.6 is 35.2 Å². The second-order valence-electron chi connectivity index (χ2n) is 13.2. The molecule has 2 aromatic heterocycles. The van der Waals surface area contributed by atoms with E-state index in [1.54, 1.807) is 0 Å². The number of hydrogen-bond acceptors (Lipinski definition) is 21. The monoisotopic (exact) mass is 967 g/mol. The number of aliphatic hydroxyl groups is 2. The lowest BCUT2D eigenvalue weighted by atomic mass is 9.87. The van der Waals surface area contributed by atoms with E-state index >= 15 is 0 Å². The van der Waals surface area contributed by atoms with Crippen LogP contribution in [0, 0.1) is 5.41 Å². The first-order valence-corrected chi connectivity index (χ1v) is 22.7. The number of nitrogens with two attached hydrogens (primary N) is 1. The summed E-state index contributed by atoms with van der Waals surface area (Å²) in [4.78, 5) is 117. The highest BCUT2D eigenvalue weighted by molar-refractivity contribution is 8.14. The quantitative estimate of drug-likeness (QED) is 0.0273. The van der Waals surface area contributed by atoms with Gasteiger partial charge in [0, 0.05) is 49.3 Å². The largest absolute Gasteiger partial charge is 0.481 e. The lowest BCUT2D eigenvalue weighted by Crippen LogP contribution is -2.46. The predicted molar refractivity (Wildman–Crippen MR) is 207 cm³/mol. The van der Waals surface area contributed by atoms with Gasteiger partial charge >= 0.3 is 35.4 Å². The van der Waals surface area contributed by atoms with E-state index in [0.29, 0.717) is 0 Å². The molecule has 1 saturated heterocycles. The summed E-state index contributed by atoms with van der Waals surface area (Å²) in [7, 11) is -16.5. The number of carbonyl (C=O) groups is 6. The Bertz CT molecular complexity index is 2140. The molecule has 0 spiro atoms. The maximum Gasteiger partial charge on any atom is 0.481 e. The van der Waals surface area contributed by atoms with E-state index in [9.17, 15) is 72.2 Å². The lowest BCUT2D eigenvalue weighted by molar-refractivity contribution is -0.148. The Morgan fingerprint density at radius 2 is 1.61 bits per heavy atom. The van der Waals surface area contributed by atoms with Crippen LogP contribution in [0.15, 0.2) is 24.3 Å². The molecule has 2 unspecified atom stereocenters. The summed E-state index contributed by atoms with van der Waals surface area (Å²) < 4.78 is 61.9. The van der Waals surface area contributed by atoms with Crippen molar-refractivity contribution in [2.75, 3.05) is 37.8 Å². The number of rotatable bonds is 22. The SMILES string of the molecule is C/C(=C/C(=O)O)C(=O)SCCNC(=O)CCNC(=O)[C@H](O)C(C)(C)COP(=O)(O)OP(=O)(O)OC[C@H]1O[C@@H](n2cnc3c(N)ncnc32)[C@H](O)[C@@H]1OP(=O)(O)O.CC(=O)C(=O)O. The number of amides is 2. The molecule has 29 nitrogen and oxygen atoms in total. The van der Waals surface area contributed by atoms with E-state index in [2.05, 4.69) is 34.4 Å². The van der Waals surface area contributed by atoms with Crippen molar-refractivity contribution >= 4 is 86.9 Å². The number of nitrogens with zero attached hydrogens (tertiary/aromatic N) is 4. The maximum absolute atomic E-state index is 12.7. The molecule has 2 amide bonds. The van der Waals surface area contributed by atoms with Crippen LogP contribution in [-0.2, 0) is 65.1 Å². The van der Waals surface area contributed by atoms with E-state index in [4.69, 9.17) is 29.7 Å². The second kappa shape index (κ2) is 23.0. The molecule has 2 aromatic rings. The normalized spacial score (nSPS) is 20.5. The number of imidazole rings is 1. The molecule has 348 valence electrons. The first-order valence-electron chi connectivity index (χ1n) is 17.2. The summed E-state index contributed by atoms with van der Waals surface area (Å²) in [5.41, 5.74) is 4.20. The van der Waals surface area contributed by atoms with Gasteiger partial charge in [-0.2, -0.15) is 4.31 Å². The van der Waals surface area contributed by atoms with Gasteiger partial charge < -0.3 is 61.1 Å². The number of aliphatic carboxylic acids is 2. The van der Waals surface area contributed by atoms with Gasteiger partial charge in [0.05, 0.1) is 19.5 Å². The fourth-order valence-electron chi connectivity index (χ4n) is 4.63. The third-order valence-corrected chi connectivity index (χ3v) is 11.8. The third-order valence-electron chi connectivity index (χ3n) is 7.70. The van der Waals surface area contributed by atoms with Crippen molar-refractivity contribution in [3.05, 3.63) is 24.3 Å². The van der Waals surface area contributed by atoms with Crippen LogP contribution in [0.1, 0.15) is 40.3 Å². The third kappa shape index (κ3) is 17.6. The number of phosphoric ester groups is 3. The van der Waals surface area contributed by atoms with Crippen LogP contribution < -0.4 is 16.4 Å². The summed E-state index contributed by atoms with van der Waals surface area (Å²) in [5, 5.41) is 42.0. The van der Waals surface area contributed by atoms with E-state index in [0.717, 1.165) is 42.0 Å². The van der Waals surface area contributed by atoms with Crippen molar-refractivity contribution in [1.29, 1.82) is 0 Å². The summed E-state index contributed by atoms with van der Waals surface area (Å²) in [5.74, 6) is -4.96. The second-order valence-corrected chi connectivity index (χ2v) is 18.5. The zero-order valence-electron chi connectivity index (χ0n) is 32.8.